The fourth-order valence-corrected chi connectivity index (χ4v) is 1.15. The number of nitrogens with zero attached hydrogens (tertiary/aromatic N) is 1. The second kappa shape index (κ2) is 5.31. The van der Waals surface area contributed by atoms with Crippen molar-refractivity contribution in [2.75, 3.05) is 6.54 Å². The van der Waals surface area contributed by atoms with Gasteiger partial charge in [-0.05, 0) is 0 Å². The summed E-state index contributed by atoms with van der Waals surface area (Å²) >= 11 is 0. The molecule has 10 heteroatoms. The van der Waals surface area contributed by atoms with Crippen LogP contribution in [0.4, 0.5) is 13.2 Å². The third-order valence-corrected chi connectivity index (χ3v) is 1.90. The van der Waals surface area contributed by atoms with Crippen molar-refractivity contribution in [3.63, 3.8) is 0 Å². The van der Waals surface area contributed by atoms with Crippen LogP contribution in [-0.2, 0) is 15.1 Å². The average Bonchev–Trinajstić information content (AvgIpc) is 1.77. The molecule has 0 spiro atoms. The summed E-state index contributed by atoms with van der Waals surface area (Å²) in [5.41, 5.74) is 0. The SMILES string of the molecule is CC(=O)N(CC(F)(F)F)S(=O)(=O)O.[NaH]. The van der Waals surface area contributed by atoms with Gasteiger partial charge in [0.05, 0.1) is 0 Å². The maximum atomic E-state index is 11.6. The number of hydrogen-bond acceptors (Lipinski definition) is 3. The van der Waals surface area contributed by atoms with E-state index in [2.05, 4.69) is 0 Å². The Kier molecular flexibility index (Phi) is 6.29. The number of carbonyl (C=O) groups is 1. The minimum atomic E-state index is -5.13. The Morgan fingerprint density at radius 3 is 1.86 bits per heavy atom. The van der Waals surface area contributed by atoms with Crippen LogP contribution in [0.3, 0.4) is 0 Å². The van der Waals surface area contributed by atoms with Gasteiger partial charge in [-0.3, -0.25) is 9.35 Å². The first-order valence-electron chi connectivity index (χ1n) is 2.86. The van der Waals surface area contributed by atoms with Crippen LogP contribution in [-0.4, -0.2) is 65.5 Å². The predicted octanol–water partition coefficient (Wildman–Crippen LogP) is -0.448. The van der Waals surface area contributed by atoms with Crippen molar-refractivity contribution in [1.29, 1.82) is 0 Å². The summed E-state index contributed by atoms with van der Waals surface area (Å²) in [5.74, 6) is -1.40. The second-order valence-electron chi connectivity index (χ2n) is 2.12. The Hall–Kier alpha value is 0.170. The van der Waals surface area contributed by atoms with Crippen LogP contribution in [0.5, 0.6) is 0 Å². The molecule has 0 atom stereocenters. The fourth-order valence-electron chi connectivity index (χ4n) is 0.518. The molecule has 80 valence electrons. The molecule has 0 aliphatic rings. The van der Waals surface area contributed by atoms with Crippen molar-refractivity contribution < 1.29 is 30.9 Å². The van der Waals surface area contributed by atoms with Gasteiger partial charge in [-0.15, -0.1) is 0 Å². The molecule has 0 fully saturated rings. The number of rotatable bonds is 2. The minimum absolute atomic E-state index is 0. The van der Waals surface area contributed by atoms with Crippen LogP contribution in [0.2, 0.25) is 0 Å². The van der Waals surface area contributed by atoms with Gasteiger partial charge >= 0.3 is 46.0 Å². The Labute approximate surface area is 100 Å². The van der Waals surface area contributed by atoms with Crippen LogP contribution >= 0.6 is 0 Å². The number of hydrogen-bond donors (Lipinski definition) is 1. The average molecular weight is 245 g/mol. The van der Waals surface area contributed by atoms with E-state index < -0.39 is 33.2 Å². The van der Waals surface area contributed by atoms with Gasteiger partial charge in [0.1, 0.15) is 6.54 Å². The Morgan fingerprint density at radius 2 is 1.79 bits per heavy atom. The molecule has 14 heavy (non-hydrogen) atoms. The number of alkyl halides is 3. The van der Waals surface area contributed by atoms with Gasteiger partial charge in [0.2, 0.25) is 5.91 Å². The number of halogens is 3. The number of amides is 1. The van der Waals surface area contributed by atoms with E-state index in [0.717, 1.165) is 0 Å². The fraction of sp³-hybridized carbons (Fsp3) is 0.750. The topological polar surface area (TPSA) is 74.7 Å². The molecule has 0 unspecified atom stereocenters. The molecular formula is C4H7F3NNaO4S. The van der Waals surface area contributed by atoms with Crippen LogP contribution in [0, 0.1) is 0 Å². The summed E-state index contributed by atoms with van der Waals surface area (Å²) in [7, 11) is -5.13. The van der Waals surface area contributed by atoms with Gasteiger partial charge in [0.25, 0.3) is 0 Å². The first-order valence-corrected chi connectivity index (χ1v) is 4.26. The molecule has 5 nitrogen and oxygen atoms in total. The van der Waals surface area contributed by atoms with Gasteiger partial charge in [-0.2, -0.15) is 21.6 Å². The van der Waals surface area contributed by atoms with Crippen LogP contribution < -0.4 is 0 Å². The van der Waals surface area contributed by atoms with Gasteiger partial charge in [-0.1, -0.05) is 0 Å². The van der Waals surface area contributed by atoms with Gasteiger partial charge in [0.15, 0.2) is 0 Å². The van der Waals surface area contributed by atoms with Crippen molar-refractivity contribution in [3.8, 4) is 0 Å². The van der Waals surface area contributed by atoms with Crippen molar-refractivity contribution in [3.05, 3.63) is 0 Å². The maximum absolute atomic E-state index is 11.6. The molecule has 0 saturated carbocycles. The third kappa shape index (κ3) is 6.60. The van der Waals surface area contributed by atoms with E-state index in [0.29, 0.717) is 6.92 Å². The molecule has 0 aromatic rings. The van der Waals surface area contributed by atoms with E-state index in [1.54, 1.807) is 0 Å². The Bertz CT molecular complexity index is 300. The number of carbonyl (C=O) groups excluding carboxylic acids is 1. The van der Waals surface area contributed by atoms with E-state index in [4.69, 9.17) is 4.55 Å². The second-order valence-corrected chi connectivity index (χ2v) is 3.46. The molecule has 0 heterocycles. The predicted molar refractivity (Wildman–Crippen MR) is 42.1 cm³/mol. The molecule has 0 bridgehead atoms. The molecular weight excluding hydrogens is 238 g/mol. The Balaban J connectivity index is 0. The first-order chi connectivity index (χ1) is 5.54. The molecule has 0 aliphatic heterocycles. The van der Waals surface area contributed by atoms with Gasteiger partial charge in [0, 0.05) is 6.92 Å². The third-order valence-electron chi connectivity index (χ3n) is 0.953. The molecule has 0 saturated heterocycles. The van der Waals surface area contributed by atoms with Gasteiger partial charge < -0.3 is 0 Å². The molecule has 0 aromatic carbocycles. The van der Waals surface area contributed by atoms with Crippen LogP contribution in [0.15, 0.2) is 0 Å². The van der Waals surface area contributed by atoms with Crippen molar-refractivity contribution in [2.24, 2.45) is 0 Å². The summed E-state index contributed by atoms with van der Waals surface area (Å²) in [5, 5.41) is 0. The molecule has 0 aromatic heterocycles. The monoisotopic (exact) mass is 245 g/mol. The van der Waals surface area contributed by atoms with Crippen molar-refractivity contribution in [1.82, 2.24) is 4.31 Å². The molecule has 0 rings (SSSR count). The van der Waals surface area contributed by atoms with E-state index in [1.807, 2.05) is 0 Å². The van der Waals surface area contributed by atoms with Crippen LogP contribution in [0.25, 0.3) is 0 Å². The summed E-state index contributed by atoms with van der Waals surface area (Å²) < 4.78 is 62.8. The van der Waals surface area contributed by atoms with E-state index in [-0.39, 0.29) is 29.6 Å². The standard InChI is InChI=1S/C4H6F3NO4S.Na.H/c1-3(9)8(13(10,11)12)2-4(5,6)7;;/h2H2,1H3,(H,10,11,12);;. The van der Waals surface area contributed by atoms with E-state index >= 15 is 0 Å². The quantitative estimate of drug-likeness (QED) is 0.528. The summed E-state index contributed by atoms with van der Waals surface area (Å²) in [6.07, 6.45) is -4.87. The van der Waals surface area contributed by atoms with E-state index in [1.165, 1.54) is 0 Å². The van der Waals surface area contributed by atoms with E-state index in [9.17, 15) is 26.4 Å². The molecule has 0 aliphatic carbocycles. The Morgan fingerprint density at radius 1 is 1.43 bits per heavy atom. The first kappa shape index (κ1) is 16.6. The normalized spacial score (nSPS) is 11.8. The zero-order valence-corrected chi connectivity index (χ0v) is 7.18. The zero-order valence-electron chi connectivity index (χ0n) is 6.37. The zero-order chi connectivity index (χ0) is 10.9. The van der Waals surface area contributed by atoms with Crippen molar-refractivity contribution >= 4 is 45.8 Å². The van der Waals surface area contributed by atoms with Crippen molar-refractivity contribution in [2.45, 2.75) is 13.1 Å². The molecule has 1 N–H and O–H groups in total. The molecule has 1 amide bonds. The summed E-state index contributed by atoms with van der Waals surface area (Å²) in [6, 6.07) is 0. The van der Waals surface area contributed by atoms with Gasteiger partial charge in [-0.25, -0.2) is 4.31 Å². The summed E-state index contributed by atoms with van der Waals surface area (Å²) in [4.78, 5) is 10.4. The summed E-state index contributed by atoms with van der Waals surface area (Å²) in [6.45, 7) is -1.43. The molecule has 0 radical (unpaired) electrons. The van der Waals surface area contributed by atoms with Crippen LogP contribution in [0.1, 0.15) is 6.92 Å².